The number of rotatable bonds is 13. The summed E-state index contributed by atoms with van der Waals surface area (Å²) in [5, 5.41) is 0. The maximum Gasteiger partial charge on any atom is 0.325 e. The van der Waals surface area contributed by atoms with E-state index >= 15 is 0 Å². The number of methoxy groups -OCH3 is 1. The molecule has 0 bridgehead atoms. The van der Waals surface area contributed by atoms with Crippen LogP contribution in [0.1, 0.15) is 31.7 Å². The zero-order valence-electron chi connectivity index (χ0n) is 19.8. The first kappa shape index (κ1) is 25.1. The summed E-state index contributed by atoms with van der Waals surface area (Å²) in [7, 11) is 1.55. The Bertz CT molecular complexity index is 961. The number of ether oxygens (including phenoxy) is 3. The summed E-state index contributed by atoms with van der Waals surface area (Å²) in [4.78, 5) is 41.2. The Hall–Kier alpha value is -3.55. The third-order valence-corrected chi connectivity index (χ3v) is 5.49. The number of nitrogens with zero attached hydrogens (tertiary/aromatic N) is 2. The predicted octanol–water partition coefficient (Wildman–Crippen LogP) is 3.05. The van der Waals surface area contributed by atoms with E-state index in [2.05, 4.69) is 0 Å². The van der Waals surface area contributed by atoms with Gasteiger partial charge in [0.1, 0.15) is 6.54 Å². The van der Waals surface area contributed by atoms with Crippen molar-refractivity contribution in [1.82, 2.24) is 9.80 Å². The van der Waals surface area contributed by atoms with E-state index in [1.807, 2.05) is 42.5 Å². The largest absolute Gasteiger partial charge is 0.493 e. The van der Waals surface area contributed by atoms with Crippen molar-refractivity contribution in [3.63, 3.8) is 0 Å². The molecular weight excluding hydrogens is 436 g/mol. The topological polar surface area (TPSA) is 85.4 Å². The van der Waals surface area contributed by atoms with E-state index in [-0.39, 0.29) is 50.6 Å². The lowest BCUT2D eigenvalue weighted by Gasteiger charge is -2.26. The quantitative estimate of drug-likeness (QED) is 0.420. The highest BCUT2D eigenvalue weighted by Crippen LogP contribution is 2.29. The lowest BCUT2D eigenvalue weighted by Crippen LogP contribution is -2.41. The minimum Gasteiger partial charge on any atom is -0.493 e. The molecule has 0 unspecified atom stereocenters. The number of hydrogen-bond donors (Lipinski definition) is 0. The molecule has 0 heterocycles. The van der Waals surface area contributed by atoms with Gasteiger partial charge in [-0.05, 0) is 37.5 Å². The van der Waals surface area contributed by atoms with Crippen molar-refractivity contribution in [2.75, 3.05) is 33.4 Å². The van der Waals surface area contributed by atoms with Gasteiger partial charge < -0.3 is 24.0 Å². The van der Waals surface area contributed by atoms with E-state index in [0.717, 1.165) is 18.4 Å². The monoisotopic (exact) mass is 468 g/mol. The summed E-state index contributed by atoms with van der Waals surface area (Å²) in [6.07, 6.45) is 1.93. The van der Waals surface area contributed by atoms with Crippen molar-refractivity contribution in [1.29, 1.82) is 0 Å². The maximum absolute atomic E-state index is 13.1. The first-order chi connectivity index (χ1) is 16.5. The van der Waals surface area contributed by atoms with Crippen LogP contribution in [0.2, 0.25) is 0 Å². The zero-order valence-corrected chi connectivity index (χ0v) is 19.8. The number of esters is 1. The summed E-state index contributed by atoms with van der Waals surface area (Å²) in [5.41, 5.74) is 0.917. The smallest absolute Gasteiger partial charge is 0.325 e. The van der Waals surface area contributed by atoms with Crippen LogP contribution in [0.5, 0.6) is 11.5 Å². The molecule has 1 aliphatic carbocycles. The molecule has 2 aromatic rings. The molecule has 0 saturated heterocycles. The van der Waals surface area contributed by atoms with Gasteiger partial charge in [-0.3, -0.25) is 14.4 Å². The highest BCUT2D eigenvalue weighted by molar-refractivity contribution is 5.83. The van der Waals surface area contributed by atoms with Crippen molar-refractivity contribution < 1.29 is 28.6 Å². The van der Waals surface area contributed by atoms with Crippen molar-refractivity contribution >= 4 is 17.8 Å². The minimum absolute atomic E-state index is 0.114. The van der Waals surface area contributed by atoms with E-state index in [1.54, 1.807) is 31.1 Å². The van der Waals surface area contributed by atoms with Crippen molar-refractivity contribution in [3.05, 3.63) is 60.2 Å². The fraction of sp³-hybridized carbons (Fsp3) is 0.423. The first-order valence-corrected chi connectivity index (χ1v) is 11.5. The molecule has 0 atom stereocenters. The van der Waals surface area contributed by atoms with E-state index in [4.69, 9.17) is 14.2 Å². The normalized spacial score (nSPS) is 12.5. The van der Waals surface area contributed by atoms with Crippen LogP contribution < -0.4 is 9.47 Å². The van der Waals surface area contributed by atoms with Gasteiger partial charge in [-0.25, -0.2) is 0 Å². The maximum atomic E-state index is 13.1. The van der Waals surface area contributed by atoms with E-state index < -0.39 is 5.97 Å². The Balaban J connectivity index is 1.59. The van der Waals surface area contributed by atoms with Gasteiger partial charge in [0.2, 0.25) is 5.91 Å². The van der Waals surface area contributed by atoms with E-state index in [0.29, 0.717) is 18.0 Å². The van der Waals surface area contributed by atoms with Crippen LogP contribution in [0.15, 0.2) is 54.6 Å². The van der Waals surface area contributed by atoms with Gasteiger partial charge in [0, 0.05) is 25.6 Å². The van der Waals surface area contributed by atoms with Crippen LogP contribution in [0, 0.1) is 0 Å². The predicted molar refractivity (Wildman–Crippen MR) is 126 cm³/mol. The average Bonchev–Trinajstić information content (AvgIpc) is 3.68. The van der Waals surface area contributed by atoms with Crippen molar-refractivity contribution in [3.8, 4) is 11.5 Å². The summed E-state index contributed by atoms with van der Waals surface area (Å²) in [5.74, 6) is 0.210. The molecular formula is C26H32N2O6. The number of benzene rings is 2. The molecule has 182 valence electrons. The number of para-hydroxylation sites is 2. The molecule has 3 rings (SSSR count). The Kier molecular flexibility index (Phi) is 9.31. The van der Waals surface area contributed by atoms with Gasteiger partial charge in [0.15, 0.2) is 18.1 Å². The molecule has 34 heavy (non-hydrogen) atoms. The van der Waals surface area contributed by atoms with Crippen LogP contribution in [0.3, 0.4) is 0 Å². The molecule has 0 N–H and O–H groups in total. The minimum atomic E-state index is -0.452. The van der Waals surface area contributed by atoms with Gasteiger partial charge in [-0.1, -0.05) is 42.5 Å². The SMILES string of the molecule is CCOC(=O)CN(Cc1ccccc1)C(=O)CCN(C(=O)COc1ccccc1OC)C1CC1. The van der Waals surface area contributed by atoms with Gasteiger partial charge in [0.05, 0.1) is 13.7 Å². The molecule has 8 heteroatoms. The average molecular weight is 469 g/mol. The second-order valence-corrected chi connectivity index (χ2v) is 8.05. The van der Waals surface area contributed by atoms with E-state index in [1.165, 1.54) is 4.90 Å². The lowest BCUT2D eigenvalue weighted by molar-refractivity contribution is -0.149. The third-order valence-electron chi connectivity index (χ3n) is 5.49. The number of carbonyl (C=O) groups excluding carboxylic acids is 3. The second kappa shape index (κ2) is 12.6. The Morgan fingerprint density at radius 1 is 0.941 bits per heavy atom. The van der Waals surface area contributed by atoms with Crippen LogP contribution in [0.25, 0.3) is 0 Å². The van der Waals surface area contributed by atoms with Crippen molar-refractivity contribution in [2.24, 2.45) is 0 Å². The van der Waals surface area contributed by atoms with Gasteiger partial charge in [-0.15, -0.1) is 0 Å². The summed E-state index contributed by atoms with van der Waals surface area (Å²) >= 11 is 0. The van der Waals surface area contributed by atoms with Crippen LogP contribution in [-0.4, -0.2) is 67.0 Å². The highest BCUT2D eigenvalue weighted by atomic mass is 16.5. The fourth-order valence-corrected chi connectivity index (χ4v) is 3.63. The molecule has 0 aromatic heterocycles. The Morgan fingerprint density at radius 3 is 2.26 bits per heavy atom. The molecule has 0 aliphatic heterocycles. The number of hydrogen-bond acceptors (Lipinski definition) is 6. The Labute approximate surface area is 200 Å². The van der Waals surface area contributed by atoms with Gasteiger partial charge in [0.25, 0.3) is 5.91 Å². The molecule has 1 saturated carbocycles. The standard InChI is InChI=1S/C26H32N2O6/c1-3-33-26(31)18-27(17-20-9-5-4-6-10-20)24(29)15-16-28(21-13-14-21)25(30)19-34-23-12-8-7-11-22(23)32-2/h4-12,21H,3,13-19H2,1-2H3. The molecule has 8 nitrogen and oxygen atoms in total. The second-order valence-electron chi connectivity index (χ2n) is 8.05. The summed E-state index contributed by atoms with van der Waals surface area (Å²) in [6, 6.07) is 16.7. The number of carbonyl (C=O) groups is 3. The number of amides is 2. The lowest BCUT2D eigenvalue weighted by atomic mass is 10.2. The molecule has 1 fully saturated rings. The molecule has 2 aromatic carbocycles. The van der Waals surface area contributed by atoms with Crippen molar-refractivity contribution in [2.45, 2.75) is 38.8 Å². The highest BCUT2D eigenvalue weighted by Gasteiger charge is 2.33. The Morgan fingerprint density at radius 2 is 1.62 bits per heavy atom. The third kappa shape index (κ3) is 7.50. The fourth-order valence-electron chi connectivity index (χ4n) is 3.63. The molecule has 2 amide bonds. The summed E-state index contributed by atoms with van der Waals surface area (Å²) < 4.78 is 16.0. The van der Waals surface area contributed by atoms with Crippen LogP contribution >= 0.6 is 0 Å². The van der Waals surface area contributed by atoms with Gasteiger partial charge >= 0.3 is 5.97 Å². The van der Waals surface area contributed by atoms with Crippen LogP contribution in [0.4, 0.5) is 0 Å². The zero-order chi connectivity index (χ0) is 24.3. The molecule has 0 spiro atoms. The molecule has 1 aliphatic rings. The molecule has 0 radical (unpaired) electrons. The van der Waals surface area contributed by atoms with E-state index in [9.17, 15) is 14.4 Å². The first-order valence-electron chi connectivity index (χ1n) is 11.5. The van der Waals surface area contributed by atoms with Crippen LogP contribution in [-0.2, 0) is 25.7 Å². The summed E-state index contributed by atoms with van der Waals surface area (Å²) in [6.45, 7) is 2.28. The van der Waals surface area contributed by atoms with Gasteiger partial charge in [-0.2, -0.15) is 0 Å².